The molecule has 0 amide bonds. The van der Waals surface area contributed by atoms with Crippen LogP contribution in [0.2, 0.25) is 0 Å². The predicted octanol–water partition coefficient (Wildman–Crippen LogP) is 13.2. The molecule has 0 aromatic heterocycles. The molecule has 59 heavy (non-hydrogen) atoms. The first-order chi connectivity index (χ1) is 28.8. The number of nitrogens with two attached hydrogens (primary N) is 1. The Kier molecular flexibility index (Phi) is 41.7. The Balaban J connectivity index is 4.11. The zero-order valence-corrected chi connectivity index (χ0v) is 37.6. The second kappa shape index (κ2) is 44.2. The fourth-order valence-electron chi connectivity index (χ4n) is 5.39. The molecule has 0 spiro atoms. The van der Waals surface area contributed by atoms with Crippen LogP contribution >= 0.6 is 7.82 Å². The van der Waals surface area contributed by atoms with E-state index in [1.165, 1.54) is 19.3 Å². The van der Waals surface area contributed by atoms with Crippen LogP contribution in [0.4, 0.5) is 0 Å². The van der Waals surface area contributed by atoms with Gasteiger partial charge in [-0.1, -0.05) is 168 Å². The van der Waals surface area contributed by atoms with Crippen molar-refractivity contribution >= 4 is 19.8 Å². The van der Waals surface area contributed by atoms with Gasteiger partial charge in [-0.15, -0.1) is 0 Å². The van der Waals surface area contributed by atoms with Gasteiger partial charge in [0.1, 0.15) is 6.61 Å². The summed E-state index contributed by atoms with van der Waals surface area (Å²) in [7, 11) is -4.39. The number of unbranched alkanes of at least 4 members (excludes halogenated alkanes) is 9. The monoisotopic (exact) mass is 842 g/mol. The minimum atomic E-state index is -4.39. The average molecular weight is 842 g/mol. The summed E-state index contributed by atoms with van der Waals surface area (Å²) >= 11 is 0. The predicted molar refractivity (Wildman–Crippen MR) is 247 cm³/mol. The molecule has 0 heterocycles. The zero-order chi connectivity index (χ0) is 43.2. The number of phosphoric ester groups is 1. The molecule has 0 saturated carbocycles. The summed E-state index contributed by atoms with van der Waals surface area (Å²) in [5.74, 6) is -0.885. The van der Waals surface area contributed by atoms with E-state index in [4.69, 9.17) is 24.3 Å². The molecule has 0 saturated heterocycles. The van der Waals surface area contributed by atoms with Crippen LogP contribution in [0.15, 0.2) is 109 Å². The third-order valence-electron chi connectivity index (χ3n) is 8.67. The van der Waals surface area contributed by atoms with Gasteiger partial charge in [-0.2, -0.15) is 0 Å². The van der Waals surface area contributed by atoms with Gasteiger partial charge in [0.15, 0.2) is 6.10 Å². The van der Waals surface area contributed by atoms with E-state index in [2.05, 4.69) is 123 Å². The molecule has 0 aliphatic rings. The molecule has 3 N–H and O–H groups in total. The molecule has 0 aromatic carbocycles. The molecule has 2 unspecified atom stereocenters. The smallest absolute Gasteiger partial charge is 0.462 e. The van der Waals surface area contributed by atoms with Crippen molar-refractivity contribution in [3.05, 3.63) is 109 Å². The minimum Gasteiger partial charge on any atom is -0.462 e. The van der Waals surface area contributed by atoms with Gasteiger partial charge in [0, 0.05) is 19.4 Å². The maximum atomic E-state index is 12.5. The summed E-state index contributed by atoms with van der Waals surface area (Å²) in [5.41, 5.74) is 5.33. The molecule has 0 radical (unpaired) electrons. The SMILES string of the molecule is CC/C=C\C/C=C\C/C=C\C/C=C\C/C=C\C/C=C\C/C=C\C/C=C\C/C=C\CCCCCC(=O)OC(COC(=O)CCCCCCCCC)COP(=O)(O)OCCN. The number of carbonyl (C=O) groups excluding carboxylic acids is 2. The molecule has 2 atom stereocenters. The molecule has 334 valence electrons. The molecule has 0 bridgehead atoms. The van der Waals surface area contributed by atoms with Crippen LogP contribution in [0.25, 0.3) is 0 Å². The lowest BCUT2D eigenvalue weighted by atomic mass is 10.1. The second-order valence-electron chi connectivity index (χ2n) is 14.2. The first-order valence-corrected chi connectivity index (χ1v) is 23.9. The van der Waals surface area contributed by atoms with Gasteiger partial charge in [-0.05, 0) is 83.5 Å². The number of hydrogen-bond acceptors (Lipinski definition) is 8. The Morgan fingerprint density at radius 3 is 1.39 bits per heavy atom. The van der Waals surface area contributed by atoms with Crippen LogP contribution in [-0.2, 0) is 32.7 Å². The molecule has 9 nitrogen and oxygen atoms in total. The number of rotatable bonds is 40. The topological polar surface area (TPSA) is 134 Å². The van der Waals surface area contributed by atoms with Gasteiger partial charge in [0.2, 0.25) is 0 Å². The second-order valence-corrected chi connectivity index (χ2v) is 15.6. The van der Waals surface area contributed by atoms with Crippen molar-refractivity contribution in [2.24, 2.45) is 5.73 Å². The Morgan fingerprint density at radius 1 is 0.525 bits per heavy atom. The highest BCUT2D eigenvalue weighted by Crippen LogP contribution is 2.43. The zero-order valence-electron chi connectivity index (χ0n) is 36.7. The third kappa shape index (κ3) is 44.1. The maximum absolute atomic E-state index is 12.5. The van der Waals surface area contributed by atoms with Crippen LogP contribution in [0.1, 0.15) is 155 Å². The first-order valence-electron chi connectivity index (χ1n) is 22.4. The molecule has 0 aromatic rings. The number of esters is 2. The van der Waals surface area contributed by atoms with E-state index >= 15 is 0 Å². The molecular formula is C49H80NO8P. The van der Waals surface area contributed by atoms with E-state index in [9.17, 15) is 19.0 Å². The van der Waals surface area contributed by atoms with Crippen LogP contribution in [0, 0.1) is 0 Å². The van der Waals surface area contributed by atoms with E-state index in [0.29, 0.717) is 6.42 Å². The van der Waals surface area contributed by atoms with Crippen LogP contribution in [0.3, 0.4) is 0 Å². The van der Waals surface area contributed by atoms with E-state index in [1.807, 2.05) is 0 Å². The van der Waals surface area contributed by atoms with Crippen molar-refractivity contribution in [3.8, 4) is 0 Å². The average Bonchev–Trinajstić information content (AvgIpc) is 3.22. The van der Waals surface area contributed by atoms with Gasteiger partial charge in [0.05, 0.1) is 13.2 Å². The van der Waals surface area contributed by atoms with Crippen molar-refractivity contribution < 1.29 is 37.6 Å². The Morgan fingerprint density at radius 2 is 0.932 bits per heavy atom. The van der Waals surface area contributed by atoms with Crippen molar-refractivity contribution in [2.45, 2.75) is 161 Å². The van der Waals surface area contributed by atoms with Crippen molar-refractivity contribution in [1.29, 1.82) is 0 Å². The van der Waals surface area contributed by atoms with E-state index in [-0.39, 0.29) is 32.6 Å². The Hall–Kier alpha value is -3.33. The van der Waals surface area contributed by atoms with Gasteiger partial charge in [-0.25, -0.2) is 4.57 Å². The highest BCUT2D eigenvalue weighted by molar-refractivity contribution is 7.47. The molecule has 0 rings (SSSR count). The van der Waals surface area contributed by atoms with Crippen molar-refractivity contribution in [2.75, 3.05) is 26.4 Å². The molecule has 0 fully saturated rings. The standard InChI is InChI=1S/C49H80NO8P/c1-3-5-7-9-11-12-13-14-15-16-17-18-19-20-21-22-23-24-25-26-27-28-29-30-31-32-33-34-36-38-40-42-49(52)58-47(46-57-59(53,54)56-44-43-50)45-55-48(51)41-39-37-35-10-8-6-4-2/h5,7,11-12,14-15,17-18,20-21,23-24,26-27,29-30,32-33,47H,3-4,6,8-10,13,16,19,22,25,28,31,34-46,50H2,1-2H3,(H,53,54)/b7-5-,12-11-,15-14-,18-17-,21-20-,24-23-,27-26-,30-29-,33-32-. The van der Waals surface area contributed by atoms with Crippen LogP contribution < -0.4 is 5.73 Å². The van der Waals surface area contributed by atoms with Crippen LogP contribution in [0.5, 0.6) is 0 Å². The van der Waals surface area contributed by atoms with E-state index in [0.717, 1.165) is 103 Å². The van der Waals surface area contributed by atoms with Gasteiger partial charge in [0.25, 0.3) is 0 Å². The lowest BCUT2D eigenvalue weighted by molar-refractivity contribution is -0.161. The fraction of sp³-hybridized carbons (Fsp3) is 0.592. The summed E-state index contributed by atoms with van der Waals surface area (Å²) in [5, 5.41) is 0. The normalized spacial score (nSPS) is 14.3. The van der Waals surface area contributed by atoms with Gasteiger partial charge in [-0.3, -0.25) is 18.6 Å². The largest absolute Gasteiger partial charge is 0.472 e. The summed E-state index contributed by atoms with van der Waals surface area (Å²) < 4.78 is 32.6. The number of ether oxygens (including phenoxy) is 2. The number of hydrogen-bond donors (Lipinski definition) is 2. The summed E-state index contributed by atoms with van der Waals surface area (Å²) in [6, 6.07) is 0. The molecular weight excluding hydrogens is 762 g/mol. The molecule has 0 aliphatic heterocycles. The summed E-state index contributed by atoms with van der Waals surface area (Å²) in [4.78, 5) is 34.6. The summed E-state index contributed by atoms with van der Waals surface area (Å²) in [6.45, 7) is 3.49. The maximum Gasteiger partial charge on any atom is 0.472 e. The molecule has 10 heteroatoms. The Bertz CT molecular complexity index is 1330. The van der Waals surface area contributed by atoms with Crippen molar-refractivity contribution in [3.63, 3.8) is 0 Å². The lowest BCUT2D eigenvalue weighted by Gasteiger charge is -2.19. The van der Waals surface area contributed by atoms with E-state index in [1.54, 1.807) is 0 Å². The van der Waals surface area contributed by atoms with Gasteiger partial charge >= 0.3 is 19.8 Å². The number of allylic oxidation sites excluding steroid dienone is 18. The number of carbonyl (C=O) groups is 2. The number of phosphoric acid groups is 1. The molecule has 0 aliphatic carbocycles. The lowest BCUT2D eigenvalue weighted by Crippen LogP contribution is -2.29. The highest BCUT2D eigenvalue weighted by atomic mass is 31.2. The quantitative estimate of drug-likeness (QED) is 0.0267. The van der Waals surface area contributed by atoms with E-state index < -0.39 is 32.5 Å². The third-order valence-corrected chi connectivity index (χ3v) is 9.66. The summed E-state index contributed by atoms with van der Waals surface area (Å²) in [6.07, 6.45) is 58.7. The van der Waals surface area contributed by atoms with Gasteiger partial charge < -0.3 is 20.1 Å². The first kappa shape index (κ1) is 55.7. The van der Waals surface area contributed by atoms with Crippen LogP contribution in [-0.4, -0.2) is 49.3 Å². The highest BCUT2D eigenvalue weighted by Gasteiger charge is 2.26. The minimum absolute atomic E-state index is 0.0422. The van der Waals surface area contributed by atoms with Crippen molar-refractivity contribution in [1.82, 2.24) is 0 Å². The Labute approximate surface area is 359 Å². The fourth-order valence-corrected chi connectivity index (χ4v) is 6.15.